The summed E-state index contributed by atoms with van der Waals surface area (Å²) in [5, 5.41) is 3.39. The van der Waals surface area contributed by atoms with E-state index in [1.165, 1.54) is 7.11 Å². The highest BCUT2D eigenvalue weighted by Gasteiger charge is 2.35. The average molecular weight is 370 g/mol. The van der Waals surface area contributed by atoms with Gasteiger partial charge in [-0.1, -0.05) is 83.9 Å². The number of ether oxygens (including phenoxy) is 1. The van der Waals surface area contributed by atoms with E-state index in [-0.39, 0.29) is 9.93 Å². The molecule has 0 aliphatic rings. The number of alkyl carbamates (subject to hydrolysis) is 1. The molecular weight excluding hydrogens is 356 g/mol. The highest BCUT2D eigenvalue weighted by molar-refractivity contribution is 7.82. The highest BCUT2D eigenvalue weighted by Crippen LogP contribution is 2.52. The molecule has 2 rings (SSSR count). The van der Waals surface area contributed by atoms with E-state index in [4.69, 9.17) is 23.2 Å². The molecule has 0 radical (unpaired) electrons. The second-order valence-electron chi connectivity index (χ2n) is 4.51. The van der Waals surface area contributed by atoms with E-state index in [0.717, 1.165) is 0 Å². The largest absolute Gasteiger partial charge is 0.453 e. The van der Waals surface area contributed by atoms with E-state index >= 15 is 0 Å². The molecule has 0 bridgehead atoms. The van der Waals surface area contributed by atoms with Crippen molar-refractivity contribution < 1.29 is 14.1 Å². The third-order valence-electron chi connectivity index (χ3n) is 3.14. The number of methoxy groups -OCH3 is 1. The Kier molecular flexibility index (Phi) is 5.89. The van der Waals surface area contributed by atoms with E-state index in [0.29, 0.717) is 10.6 Å². The van der Waals surface area contributed by atoms with Gasteiger partial charge in [-0.3, -0.25) is 5.32 Å². The zero-order valence-corrected chi connectivity index (χ0v) is 14.6. The van der Waals surface area contributed by atoms with Gasteiger partial charge in [0.05, 0.1) is 7.11 Å². The normalized spacial score (nSPS) is 10.7. The van der Waals surface area contributed by atoms with Gasteiger partial charge >= 0.3 is 6.09 Å². The summed E-state index contributed by atoms with van der Waals surface area (Å²) in [6.45, 7) is 0. The molecule has 1 amide bonds. The third-order valence-corrected chi connectivity index (χ3v) is 6.80. The van der Waals surface area contributed by atoms with Gasteiger partial charge in [0, 0.05) is 10.6 Å². The predicted octanol–water partition coefficient (Wildman–Crippen LogP) is 3.96. The molecule has 1 N–H and O–H groups in total. The van der Waals surface area contributed by atoms with Crippen molar-refractivity contribution >= 4 is 47.0 Å². The summed E-state index contributed by atoms with van der Waals surface area (Å²) in [6.07, 6.45) is -0.800. The smallest absolute Gasteiger partial charge is 0.411 e. The van der Waals surface area contributed by atoms with E-state index in [9.17, 15) is 9.36 Å². The Labute approximate surface area is 144 Å². The summed E-state index contributed by atoms with van der Waals surface area (Å²) >= 11 is 11.9. The zero-order chi connectivity index (χ0) is 16.9. The van der Waals surface area contributed by atoms with Crippen LogP contribution in [0.2, 0.25) is 0 Å². The minimum Gasteiger partial charge on any atom is -0.453 e. The van der Waals surface area contributed by atoms with Crippen LogP contribution in [0.1, 0.15) is 0 Å². The van der Waals surface area contributed by atoms with Crippen LogP contribution in [0.25, 0.3) is 0 Å². The van der Waals surface area contributed by atoms with Crippen molar-refractivity contribution in [2.75, 3.05) is 7.11 Å². The molecule has 7 heteroatoms. The number of benzene rings is 2. The summed E-state index contributed by atoms with van der Waals surface area (Å²) in [7, 11) is -2.25. The Morgan fingerprint density at radius 1 is 0.957 bits per heavy atom. The monoisotopic (exact) mass is 369 g/mol. The first-order valence-corrected chi connectivity index (χ1v) is 9.08. The van der Waals surface area contributed by atoms with Crippen molar-refractivity contribution in [3.05, 3.63) is 70.6 Å². The Bertz CT molecular complexity index is 716. The molecule has 0 saturated heterocycles. The van der Waals surface area contributed by atoms with Gasteiger partial charge in [0.1, 0.15) is 9.93 Å². The lowest BCUT2D eigenvalue weighted by molar-refractivity contribution is 0.174. The first-order chi connectivity index (χ1) is 11.0. The number of hydrogen-bond donors (Lipinski definition) is 1. The molecule has 0 saturated carbocycles. The van der Waals surface area contributed by atoms with Crippen LogP contribution in [0.15, 0.2) is 70.6 Å². The van der Waals surface area contributed by atoms with Crippen LogP contribution in [0.5, 0.6) is 0 Å². The van der Waals surface area contributed by atoms with Crippen molar-refractivity contribution in [3.63, 3.8) is 0 Å². The van der Waals surface area contributed by atoms with Crippen molar-refractivity contribution in [1.82, 2.24) is 5.32 Å². The lowest BCUT2D eigenvalue weighted by Crippen LogP contribution is -2.29. The van der Waals surface area contributed by atoms with Crippen molar-refractivity contribution in [2.45, 2.75) is 0 Å². The minimum atomic E-state index is -3.45. The lowest BCUT2D eigenvalue weighted by atomic mass is 10.4. The lowest BCUT2D eigenvalue weighted by Gasteiger charge is -2.22. The Morgan fingerprint density at radius 3 is 1.74 bits per heavy atom. The Morgan fingerprint density at radius 2 is 1.39 bits per heavy atom. The van der Waals surface area contributed by atoms with Crippen molar-refractivity contribution in [3.8, 4) is 0 Å². The molecule has 0 fully saturated rings. The Balaban J connectivity index is 2.70. The van der Waals surface area contributed by atoms with E-state index in [2.05, 4.69) is 10.1 Å². The van der Waals surface area contributed by atoms with Gasteiger partial charge in [-0.25, -0.2) is 4.79 Å². The number of carbonyl (C=O) groups is 1. The molecule has 0 aliphatic heterocycles. The highest BCUT2D eigenvalue weighted by atomic mass is 35.5. The first kappa shape index (κ1) is 17.6. The maximum Gasteiger partial charge on any atom is 0.411 e. The molecule has 0 aromatic heterocycles. The topological polar surface area (TPSA) is 55.4 Å². The summed E-state index contributed by atoms with van der Waals surface area (Å²) in [6, 6.07) is 17.4. The van der Waals surface area contributed by atoms with Crippen molar-refractivity contribution in [1.29, 1.82) is 0 Å². The van der Waals surface area contributed by atoms with Gasteiger partial charge in [-0.05, 0) is 0 Å². The summed E-state index contributed by atoms with van der Waals surface area (Å²) in [5.74, 6) is 0. The minimum absolute atomic E-state index is 0.0786. The van der Waals surface area contributed by atoms with Crippen LogP contribution in [0.3, 0.4) is 0 Å². The fourth-order valence-electron chi connectivity index (χ4n) is 2.08. The standard InChI is InChI=1S/C16H14Cl2NO3P/c1-22-16(20)19-15(14(17)18)23(21,12-8-4-2-5-9-12)13-10-6-3-7-11-13/h2-11H,1H3,(H,19,20). The fourth-order valence-corrected chi connectivity index (χ4v) is 5.37. The van der Waals surface area contributed by atoms with Gasteiger partial charge < -0.3 is 9.30 Å². The molecule has 0 spiro atoms. The van der Waals surface area contributed by atoms with E-state index in [1.54, 1.807) is 60.7 Å². The number of nitrogens with one attached hydrogen (secondary N) is 1. The molecule has 0 atom stereocenters. The summed E-state index contributed by atoms with van der Waals surface area (Å²) in [5.41, 5.74) is -0.0786. The molecule has 2 aromatic rings. The quantitative estimate of drug-likeness (QED) is 0.829. The molecule has 23 heavy (non-hydrogen) atoms. The third kappa shape index (κ3) is 3.78. The predicted molar refractivity (Wildman–Crippen MR) is 94.0 cm³/mol. The average Bonchev–Trinajstić information content (AvgIpc) is 2.60. The fraction of sp³-hybridized carbons (Fsp3) is 0.0625. The van der Waals surface area contributed by atoms with Gasteiger partial charge in [0.15, 0.2) is 7.14 Å². The number of amides is 1. The van der Waals surface area contributed by atoms with Crippen LogP contribution in [0, 0.1) is 0 Å². The van der Waals surface area contributed by atoms with Gasteiger partial charge in [0.2, 0.25) is 0 Å². The van der Waals surface area contributed by atoms with Crippen molar-refractivity contribution in [2.24, 2.45) is 0 Å². The molecule has 0 unspecified atom stereocenters. The maximum absolute atomic E-state index is 13.9. The summed E-state index contributed by atoms with van der Waals surface area (Å²) < 4.78 is 18.2. The summed E-state index contributed by atoms with van der Waals surface area (Å²) in [4.78, 5) is 11.6. The molecule has 0 heterocycles. The van der Waals surface area contributed by atoms with Crippen LogP contribution >= 0.6 is 30.3 Å². The second-order valence-corrected chi connectivity index (χ2v) is 8.15. The number of halogens is 2. The van der Waals surface area contributed by atoms with Gasteiger partial charge in [-0.15, -0.1) is 0 Å². The molecular formula is C16H14Cl2NO3P. The zero-order valence-electron chi connectivity index (χ0n) is 12.2. The van der Waals surface area contributed by atoms with E-state index in [1.807, 2.05) is 0 Å². The maximum atomic E-state index is 13.9. The van der Waals surface area contributed by atoms with Crippen LogP contribution in [-0.2, 0) is 9.30 Å². The Hall–Kier alpha value is -1.74. The van der Waals surface area contributed by atoms with Crippen LogP contribution < -0.4 is 15.9 Å². The molecule has 2 aromatic carbocycles. The SMILES string of the molecule is COC(=O)NC(=C(Cl)Cl)P(=O)(c1ccccc1)c1ccccc1. The number of carbonyl (C=O) groups excluding carboxylic acids is 1. The molecule has 4 nitrogen and oxygen atoms in total. The van der Waals surface area contributed by atoms with Gasteiger partial charge in [0.25, 0.3) is 0 Å². The van der Waals surface area contributed by atoms with Gasteiger partial charge in [-0.2, -0.15) is 0 Å². The first-order valence-electron chi connectivity index (χ1n) is 6.62. The van der Waals surface area contributed by atoms with E-state index < -0.39 is 13.2 Å². The number of rotatable bonds is 4. The molecule has 0 aliphatic carbocycles. The second kappa shape index (κ2) is 7.69. The van der Waals surface area contributed by atoms with Crippen LogP contribution in [0.4, 0.5) is 4.79 Å². The number of hydrogen-bond acceptors (Lipinski definition) is 3. The molecule has 120 valence electrons. The van der Waals surface area contributed by atoms with Crippen LogP contribution in [-0.4, -0.2) is 13.2 Å².